The number of carbonyl (C=O) groups excluding carboxylic acids is 2. The molecule has 0 fully saturated rings. The topological polar surface area (TPSA) is 81.7 Å². The highest BCUT2D eigenvalue weighted by atomic mass is 16.1. The van der Waals surface area contributed by atoms with Crippen LogP contribution in [0.4, 0.5) is 0 Å². The summed E-state index contributed by atoms with van der Waals surface area (Å²) in [5.41, 5.74) is 3.06. The summed E-state index contributed by atoms with van der Waals surface area (Å²) in [6, 6.07) is 15.7. The van der Waals surface area contributed by atoms with Crippen LogP contribution in [0.1, 0.15) is 23.5 Å². The van der Waals surface area contributed by atoms with Gasteiger partial charge in [0.15, 0.2) is 11.6 Å². The van der Waals surface area contributed by atoms with E-state index in [1.807, 2.05) is 12.1 Å². The van der Waals surface area contributed by atoms with E-state index in [0.29, 0.717) is 5.57 Å². The molecule has 0 spiro atoms. The molecule has 4 rings (SSSR count). The molecule has 2 aliphatic rings. The molecule has 0 amide bonds. The molecule has 0 bridgehead atoms. The number of hydrogen-bond acceptors (Lipinski definition) is 4. The van der Waals surface area contributed by atoms with E-state index in [1.165, 1.54) is 40.1 Å². The maximum atomic E-state index is 12.1. The molecule has 0 radical (unpaired) electrons. The highest BCUT2D eigenvalue weighted by molar-refractivity contribution is 6.18. The molecule has 4 nitrogen and oxygen atoms in total. The lowest BCUT2D eigenvalue weighted by molar-refractivity contribution is -0.114. The summed E-state index contributed by atoms with van der Waals surface area (Å²) in [7, 11) is 0. The van der Waals surface area contributed by atoms with Gasteiger partial charge in [0.2, 0.25) is 0 Å². The molecule has 2 aromatic rings. The number of hydrogen-bond donors (Lipinski definition) is 0. The minimum absolute atomic E-state index is 0. The molecule has 0 saturated heterocycles. The minimum atomic E-state index is -0.0947. The number of rotatable bonds is 1. The van der Waals surface area contributed by atoms with E-state index in [1.54, 1.807) is 12.1 Å². The summed E-state index contributed by atoms with van der Waals surface area (Å²) < 4.78 is 0. The van der Waals surface area contributed by atoms with Gasteiger partial charge < -0.3 is 0 Å². The normalized spacial score (nSPS) is 17.4. The molecule has 0 aromatic heterocycles. The maximum Gasteiger partial charge on any atom is 0.182 e. The summed E-state index contributed by atoms with van der Waals surface area (Å²) in [5, 5.41) is 17.6. The van der Waals surface area contributed by atoms with Gasteiger partial charge in [0.05, 0.1) is 12.1 Å². The zero-order valence-corrected chi connectivity index (χ0v) is 13.4. The second-order valence-electron chi connectivity index (χ2n) is 5.81. The summed E-state index contributed by atoms with van der Waals surface area (Å²) in [6.07, 6.45) is 5.03. The average Bonchev–Trinajstić information content (AvgIpc) is 2.99. The molecule has 0 N–H and O–H groups in total. The first-order valence-corrected chi connectivity index (χ1v) is 7.88. The van der Waals surface area contributed by atoms with Crippen LogP contribution in [0.25, 0.3) is 10.8 Å². The predicted octanol–water partition coefficient (Wildman–Crippen LogP) is 3.54. The Morgan fingerprint density at radius 1 is 1.00 bits per heavy atom. The van der Waals surface area contributed by atoms with Gasteiger partial charge in [0.25, 0.3) is 0 Å². The van der Waals surface area contributed by atoms with E-state index >= 15 is 0 Å². The third kappa shape index (κ3) is 3.11. The number of nitriles is 2. The predicted molar refractivity (Wildman–Crippen MR) is 93.5 cm³/mol. The summed E-state index contributed by atoms with van der Waals surface area (Å²) in [4.78, 5) is 23.7. The van der Waals surface area contributed by atoms with Crippen LogP contribution in [-0.4, -0.2) is 11.6 Å². The van der Waals surface area contributed by atoms with Gasteiger partial charge in [-0.1, -0.05) is 36.4 Å². The molecule has 4 heteroatoms. The number of nitrogens with zero attached hydrogens (tertiary/aromatic N) is 2. The lowest BCUT2D eigenvalue weighted by Gasteiger charge is -2.15. The van der Waals surface area contributed by atoms with Crippen molar-refractivity contribution in [3.8, 4) is 12.1 Å². The van der Waals surface area contributed by atoms with Crippen molar-refractivity contribution in [2.45, 2.75) is 18.8 Å². The third-order valence-electron chi connectivity index (χ3n) is 4.34. The second kappa shape index (κ2) is 6.95. The quantitative estimate of drug-likeness (QED) is 0.751. The molecule has 1 atom stereocenters. The lowest BCUT2D eigenvalue weighted by atomic mass is 9.86. The molecular weight excluding hydrogens is 312 g/mol. The van der Waals surface area contributed by atoms with Crippen LogP contribution in [-0.2, 0) is 16.0 Å². The highest BCUT2D eigenvalue weighted by Crippen LogP contribution is 2.42. The van der Waals surface area contributed by atoms with Crippen molar-refractivity contribution in [1.82, 2.24) is 0 Å². The number of benzene rings is 2. The van der Waals surface area contributed by atoms with Gasteiger partial charge in [-0.2, -0.15) is 10.5 Å². The van der Waals surface area contributed by atoms with Crippen molar-refractivity contribution < 1.29 is 9.59 Å². The molecule has 0 saturated carbocycles. The molecule has 2 aliphatic carbocycles. The monoisotopic (exact) mass is 326 g/mol. The van der Waals surface area contributed by atoms with Crippen molar-refractivity contribution in [3.05, 3.63) is 71.3 Å². The van der Waals surface area contributed by atoms with Gasteiger partial charge in [-0.15, -0.1) is 0 Å². The Hall–Kier alpha value is -3.50. The van der Waals surface area contributed by atoms with Gasteiger partial charge in [0.1, 0.15) is 6.42 Å². The summed E-state index contributed by atoms with van der Waals surface area (Å²) in [6.45, 7) is 0. The SMILES string of the molecule is N#CCC#N.O=C1C=CC(=O)C(C2Cc3cccc4cccc2c34)=C1. The van der Waals surface area contributed by atoms with Crippen molar-refractivity contribution >= 4 is 22.3 Å². The zero-order valence-electron chi connectivity index (χ0n) is 13.4. The smallest absolute Gasteiger partial charge is 0.182 e. The van der Waals surface area contributed by atoms with Crippen LogP contribution in [0.3, 0.4) is 0 Å². The number of ketones is 2. The largest absolute Gasteiger partial charge is 0.290 e. The summed E-state index contributed by atoms with van der Waals surface area (Å²) >= 11 is 0. The lowest BCUT2D eigenvalue weighted by Crippen LogP contribution is -2.14. The van der Waals surface area contributed by atoms with E-state index in [-0.39, 0.29) is 23.9 Å². The van der Waals surface area contributed by atoms with Crippen molar-refractivity contribution in [1.29, 1.82) is 10.5 Å². The molecular formula is C21H14N2O2. The van der Waals surface area contributed by atoms with Crippen LogP contribution < -0.4 is 0 Å². The van der Waals surface area contributed by atoms with Crippen LogP contribution in [0.15, 0.2) is 60.2 Å². The van der Waals surface area contributed by atoms with Gasteiger partial charge >= 0.3 is 0 Å². The molecule has 25 heavy (non-hydrogen) atoms. The van der Waals surface area contributed by atoms with Crippen LogP contribution >= 0.6 is 0 Å². The first-order chi connectivity index (χ1) is 12.2. The van der Waals surface area contributed by atoms with Crippen LogP contribution in [0, 0.1) is 22.7 Å². The van der Waals surface area contributed by atoms with E-state index in [4.69, 9.17) is 10.5 Å². The highest BCUT2D eigenvalue weighted by Gasteiger charge is 2.30. The minimum Gasteiger partial charge on any atom is -0.290 e. The number of carbonyl (C=O) groups is 2. The first-order valence-electron chi connectivity index (χ1n) is 7.88. The summed E-state index contributed by atoms with van der Waals surface area (Å²) in [5.74, 6) is -0.125. The van der Waals surface area contributed by atoms with E-state index in [0.717, 1.165) is 6.42 Å². The molecule has 2 aromatic carbocycles. The Morgan fingerprint density at radius 2 is 1.72 bits per heavy atom. The first kappa shape index (κ1) is 16.4. The standard InChI is InChI=1S/C18H12O2.C3H2N2/c19-13-7-8-17(20)16(10-13)15-9-12-5-1-3-11-4-2-6-14(15)18(11)12;4-2-1-3-5/h1-8,10,15H,9H2;1H2. The molecule has 120 valence electrons. The van der Waals surface area contributed by atoms with E-state index in [9.17, 15) is 9.59 Å². The second-order valence-corrected chi connectivity index (χ2v) is 5.81. The Labute approximate surface area is 145 Å². The van der Waals surface area contributed by atoms with Gasteiger partial charge in [-0.05, 0) is 46.5 Å². The Bertz CT molecular complexity index is 999. The Morgan fingerprint density at radius 3 is 2.40 bits per heavy atom. The molecule has 0 heterocycles. The fourth-order valence-electron chi connectivity index (χ4n) is 3.35. The van der Waals surface area contributed by atoms with Gasteiger partial charge in [0, 0.05) is 11.5 Å². The van der Waals surface area contributed by atoms with E-state index < -0.39 is 0 Å². The Kier molecular flexibility index (Phi) is 4.55. The molecule has 0 aliphatic heterocycles. The fourth-order valence-corrected chi connectivity index (χ4v) is 3.35. The van der Waals surface area contributed by atoms with Crippen molar-refractivity contribution in [2.75, 3.05) is 0 Å². The van der Waals surface area contributed by atoms with Gasteiger partial charge in [-0.25, -0.2) is 0 Å². The zero-order chi connectivity index (χ0) is 17.8. The average molecular weight is 326 g/mol. The maximum absolute atomic E-state index is 12.1. The van der Waals surface area contributed by atoms with Crippen molar-refractivity contribution in [2.24, 2.45) is 0 Å². The third-order valence-corrected chi connectivity index (χ3v) is 4.34. The molecule has 1 unspecified atom stereocenters. The van der Waals surface area contributed by atoms with E-state index in [2.05, 4.69) is 24.3 Å². The van der Waals surface area contributed by atoms with Gasteiger partial charge in [-0.3, -0.25) is 9.59 Å². The van der Waals surface area contributed by atoms with Crippen LogP contribution in [0.5, 0.6) is 0 Å². The van der Waals surface area contributed by atoms with Crippen molar-refractivity contribution in [3.63, 3.8) is 0 Å². The number of allylic oxidation sites excluding steroid dienone is 4. The fraction of sp³-hybridized carbons (Fsp3) is 0.143. The van der Waals surface area contributed by atoms with Crippen LogP contribution in [0.2, 0.25) is 0 Å². The Balaban J connectivity index is 0.000000324.